The summed E-state index contributed by atoms with van der Waals surface area (Å²) in [5, 5.41) is 13.0. The molecule has 2 aliphatic heterocycles. The molecule has 0 saturated carbocycles. The Bertz CT molecular complexity index is 759. The Morgan fingerprint density at radius 3 is 1.43 bits per heavy atom. The normalized spacial score (nSPS) is 22.9. The van der Waals surface area contributed by atoms with Crippen LogP contribution in [0.4, 0.5) is 0 Å². The third kappa shape index (κ3) is 4.89. The van der Waals surface area contributed by atoms with Gasteiger partial charge in [0.25, 0.3) is 0 Å². The molecule has 2 aliphatic rings. The maximum atomic E-state index is 13.0. The van der Waals surface area contributed by atoms with Gasteiger partial charge in [-0.25, -0.2) is 0 Å². The van der Waals surface area contributed by atoms with E-state index in [-0.39, 0.29) is 36.0 Å². The molecule has 0 radical (unpaired) electrons. The molecule has 4 N–H and O–H groups in total. The highest BCUT2D eigenvalue weighted by molar-refractivity contribution is 5.84. The SMILES string of the molecule is O=C(N[C@@H](c1ccccc1)[C@@H](NC(=O)C1CCCN1)c1ccccc1)C1CCCN1. The first-order valence-electron chi connectivity index (χ1n) is 10.9. The molecule has 0 bridgehead atoms. The van der Waals surface area contributed by atoms with E-state index in [1.807, 2.05) is 60.7 Å². The number of carbonyl (C=O) groups excluding carboxylic acids is 2. The summed E-state index contributed by atoms with van der Waals surface area (Å²) in [4.78, 5) is 26.0. The molecule has 2 aromatic rings. The zero-order chi connectivity index (χ0) is 20.8. The fraction of sp³-hybridized carbons (Fsp3) is 0.417. The molecule has 2 unspecified atom stereocenters. The van der Waals surface area contributed by atoms with Gasteiger partial charge in [-0.3, -0.25) is 9.59 Å². The lowest BCUT2D eigenvalue weighted by Crippen LogP contribution is -2.49. The summed E-state index contributed by atoms with van der Waals surface area (Å²) >= 11 is 0. The van der Waals surface area contributed by atoms with E-state index in [4.69, 9.17) is 0 Å². The van der Waals surface area contributed by atoms with Crippen molar-refractivity contribution in [3.05, 3.63) is 71.8 Å². The average Bonchev–Trinajstić information content (AvgIpc) is 3.52. The van der Waals surface area contributed by atoms with E-state index in [2.05, 4.69) is 21.3 Å². The van der Waals surface area contributed by atoms with Crippen molar-refractivity contribution in [2.24, 2.45) is 0 Å². The first-order valence-corrected chi connectivity index (χ1v) is 10.9. The number of hydrogen-bond acceptors (Lipinski definition) is 4. The van der Waals surface area contributed by atoms with Gasteiger partial charge in [-0.15, -0.1) is 0 Å². The Morgan fingerprint density at radius 1 is 0.700 bits per heavy atom. The fourth-order valence-electron chi connectivity index (χ4n) is 4.36. The highest BCUT2D eigenvalue weighted by Gasteiger charge is 2.33. The first-order chi connectivity index (χ1) is 14.7. The van der Waals surface area contributed by atoms with E-state index < -0.39 is 0 Å². The van der Waals surface area contributed by atoms with Gasteiger partial charge in [0.15, 0.2) is 0 Å². The van der Waals surface area contributed by atoms with Gasteiger partial charge >= 0.3 is 0 Å². The van der Waals surface area contributed by atoms with Crippen LogP contribution < -0.4 is 21.3 Å². The lowest BCUT2D eigenvalue weighted by molar-refractivity contribution is -0.126. The molecule has 4 atom stereocenters. The van der Waals surface area contributed by atoms with E-state index in [0.29, 0.717) is 0 Å². The molecule has 2 amide bonds. The van der Waals surface area contributed by atoms with Crippen LogP contribution in [0.3, 0.4) is 0 Å². The molecule has 2 aromatic carbocycles. The van der Waals surface area contributed by atoms with Gasteiger partial charge < -0.3 is 21.3 Å². The van der Waals surface area contributed by atoms with Crippen molar-refractivity contribution < 1.29 is 9.59 Å². The summed E-state index contributed by atoms with van der Waals surface area (Å²) < 4.78 is 0. The van der Waals surface area contributed by atoms with Crippen LogP contribution in [0.5, 0.6) is 0 Å². The minimum absolute atomic E-state index is 0.0180. The van der Waals surface area contributed by atoms with Crippen LogP contribution >= 0.6 is 0 Å². The van der Waals surface area contributed by atoms with Gasteiger partial charge in [0.2, 0.25) is 11.8 Å². The number of carbonyl (C=O) groups is 2. The van der Waals surface area contributed by atoms with Crippen LogP contribution in [0.25, 0.3) is 0 Å². The minimum atomic E-state index is -0.367. The topological polar surface area (TPSA) is 82.3 Å². The standard InChI is InChI=1S/C24H30N4O2/c29-23(19-13-7-15-25-19)27-21(17-9-3-1-4-10-17)22(18-11-5-2-6-12-18)28-24(30)20-14-8-16-26-20/h1-6,9-12,19-22,25-26H,7-8,13-16H2,(H,27,29)(H,28,30)/t19?,20?,21-,22-/m0/s1. The number of nitrogens with one attached hydrogen (secondary N) is 4. The van der Waals surface area contributed by atoms with Gasteiger partial charge in [-0.1, -0.05) is 60.7 Å². The second kappa shape index (κ2) is 9.87. The van der Waals surface area contributed by atoms with E-state index >= 15 is 0 Å². The molecule has 2 heterocycles. The summed E-state index contributed by atoms with van der Waals surface area (Å²) in [5.74, 6) is -0.0361. The van der Waals surface area contributed by atoms with Crippen molar-refractivity contribution in [2.45, 2.75) is 49.9 Å². The Balaban J connectivity index is 1.64. The molecule has 158 valence electrons. The van der Waals surface area contributed by atoms with E-state index in [9.17, 15) is 9.59 Å². The van der Waals surface area contributed by atoms with E-state index in [1.165, 1.54) is 0 Å². The summed E-state index contributed by atoms with van der Waals surface area (Å²) in [6, 6.07) is 18.7. The highest BCUT2D eigenvalue weighted by atomic mass is 16.2. The van der Waals surface area contributed by atoms with Crippen LogP contribution in [0.1, 0.15) is 48.9 Å². The molecule has 0 spiro atoms. The molecule has 0 aliphatic carbocycles. The molecule has 2 saturated heterocycles. The minimum Gasteiger partial charge on any atom is -0.345 e. The molecule has 0 aromatic heterocycles. The lowest BCUT2D eigenvalue weighted by Gasteiger charge is -2.31. The van der Waals surface area contributed by atoms with Gasteiger partial charge in [-0.05, 0) is 49.9 Å². The number of benzene rings is 2. The van der Waals surface area contributed by atoms with Crippen molar-refractivity contribution in [1.29, 1.82) is 0 Å². The molecule has 30 heavy (non-hydrogen) atoms. The largest absolute Gasteiger partial charge is 0.345 e. The van der Waals surface area contributed by atoms with Crippen molar-refractivity contribution >= 4 is 11.8 Å². The maximum Gasteiger partial charge on any atom is 0.237 e. The summed E-state index contributed by atoms with van der Waals surface area (Å²) in [6.07, 6.45) is 3.67. The fourth-order valence-corrected chi connectivity index (χ4v) is 4.36. The zero-order valence-corrected chi connectivity index (χ0v) is 17.1. The van der Waals surface area contributed by atoms with Crippen molar-refractivity contribution in [3.8, 4) is 0 Å². The molecule has 4 rings (SSSR count). The monoisotopic (exact) mass is 406 g/mol. The molecule has 6 heteroatoms. The average molecular weight is 407 g/mol. The Hall–Kier alpha value is -2.70. The number of hydrogen-bond donors (Lipinski definition) is 4. The Labute approximate surface area is 177 Å². The predicted octanol–water partition coefficient (Wildman–Crippen LogP) is 2.21. The number of amides is 2. The summed E-state index contributed by atoms with van der Waals surface area (Å²) in [7, 11) is 0. The van der Waals surface area contributed by atoms with Crippen LogP contribution in [-0.4, -0.2) is 37.0 Å². The molecule has 6 nitrogen and oxygen atoms in total. The lowest BCUT2D eigenvalue weighted by atomic mass is 9.92. The maximum absolute atomic E-state index is 13.0. The number of rotatable bonds is 7. The van der Waals surface area contributed by atoms with Crippen LogP contribution in [0, 0.1) is 0 Å². The Kier molecular flexibility index (Phi) is 6.77. The summed E-state index contributed by atoms with van der Waals surface area (Å²) in [5.41, 5.74) is 1.94. The van der Waals surface area contributed by atoms with E-state index in [0.717, 1.165) is 49.9 Å². The van der Waals surface area contributed by atoms with Crippen molar-refractivity contribution in [1.82, 2.24) is 21.3 Å². The third-order valence-corrected chi connectivity index (χ3v) is 6.00. The second-order valence-electron chi connectivity index (χ2n) is 8.09. The third-order valence-electron chi connectivity index (χ3n) is 6.00. The van der Waals surface area contributed by atoms with Crippen LogP contribution in [0.15, 0.2) is 60.7 Å². The van der Waals surface area contributed by atoms with Crippen LogP contribution in [0.2, 0.25) is 0 Å². The zero-order valence-electron chi connectivity index (χ0n) is 17.1. The first kappa shape index (κ1) is 20.6. The highest BCUT2D eigenvalue weighted by Crippen LogP contribution is 2.30. The van der Waals surface area contributed by atoms with Gasteiger partial charge in [0.1, 0.15) is 0 Å². The van der Waals surface area contributed by atoms with E-state index in [1.54, 1.807) is 0 Å². The molecule has 2 fully saturated rings. The van der Waals surface area contributed by atoms with Gasteiger partial charge in [0.05, 0.1) is 24.2 Å². The van der Waals surface area contributed by atoms with Gasteiger partial charge in [-0.2, -0.15) is 0 Å². The molecular formula is C24H30N4O2. The quantitative estimate of drug-likeness (QED) is 0.568. The smallest absolute Gasteiger partial charge is 0.237 e. The Morgan fingerprint density at radius 2 is 1.10 bits per heavy atom. The molecular weight excluding hydrogens is 376 g/mol. The van der Waals surface area contributed by atoms with Crippen molar-refractivity contribution in [2.75, 3.05) is 13.1 Å². The predicted molar refractivity (Wildman–Crippen MR) is 117 cm³/mol. The van der Waals surface area contributed by atoms with Gasteiger partial charge in [0, 0.05) is 0 Å². The van der Waals surface area contributed by atoms with Crippen molar-refractivity contribution in [3.63, 3.8) is 0 Å². The second-order valence-corrected chi connectivity index (χ2v) is 8.09. The summed E-state index contributed by atoms with van der Waals surface area (Å²) in [6.45, 7) is 1.72. The van der Waals surface area contributed by atoms with Crippen LogP contribution in [-0.2, 0) is 9.59 Å².